The standard InChI is InChI=1S/C22H24N2O4S/c1-4-28-21-13-12-18(14-15(21)2)29(26,27)24-16(3)22(25)23-20-11-7-9-17-8-5-6-10-19(17)20/h5-14,16,24H,4H2,1-3H3,(H,23,25)/t16-/m0/s1. The van der Waals surface area contributed by atoms with E-state index in [2.05, 4.69) is 10.0 Å². The number of amides is 1. The van der Waals surface area contributed by atoms with Gasteiger partial charge < -0.3 is 10.1 Å². The maximum Gasteiger partial charge on any atom is 0.242 e. The molecule has 0 radical (unpaired) electrons. The Labute approximate surface area is 170 Å². The van der Waals surface area contributed by atoms with Crippen LogP contribution in [0.25, 0.3) is 10.8 Å². The van der Waals surface area contributed by atoms with Gasteiger partial charge in [-0.05, 0) is 56.0 Å². The molecule has 0 heterocycles. The molecule has 0 unspecified atom stereocenters. The maximum atomic E-state index is 12.7. The number of nitrogens with one attached hydrogen (secondary N) is 2. The minimum atomic E-state index is -3.86. The highest BCUT2D eigenvalue weighted by Gasteiger charge is 2.23. The van der Waals surface area contributed by atoms with E-state index in [0.717, 1.165) is 10.8 Å². The Bertz CT molecular complexity index is 1140. The molecule has 3 aromatic rings. The van der Waals surface area contributed by atoms with Crippen molar-refractivity contribution in [2.75, 3.05) is 11.9 Å². The summed E-state index contributed by atoms with van der Waals surface area (Å²) in [4.78, 5) is 12.7. The molecule has 0 spiro atoms. The smallest absolute Gasteiger partial charge is 0.242 e. The van der Waals surface area contributed by atoms with Crippen LogP contribution >= 0.6 is 0 Å². The van der Waals surface area contributed by atoms with Crippen LogP contribution in [0.1, 0.15) is 19.4 Å². The van der Waals surface area contributed by atoms with Crippen molar-refractivity contribution in [2.45, 2.75) is 31.7 Å². The number of carbonyl (C=O) groups excluding carboxylic acids is 1. The summed E-state index contributed by atoms with van der Waals surface area (Å²) < 4.78 is 33.3. The quantitative estimate of drug-likeness (QED) is 0.617. The molecule has 0 bridgehead atoms. The van der Waals surface area contributed by atoms with Gasteiger partial charge >= 0.3 is 0 Å². The first-order valence-electron chi connectivity index (χ1n) is 9.36. The largest absolute Gasteiger partial charge is 0.494 e. The highest BCUT2D eigenvalue weighted by molar-refractivity contribution is 7.89. The summed E-state index contributed by atoms with van der Waals surface area (Å²) in [5, 5.41) is 4.69. The minimum Gasteiger partial charge on any atom is -0.494 e. The third-order valence-corrected chi connectivity index (χ3v) is 6.07. The Morgan fingerprint density at radius 1 is 1.07 bits per heavy atom. The van der Waals surface area contributed by atoms with E-state index < -0.39 is 22.0 Å². The van der Waals surface area contributed by atoms with Gasteiger partial charge in [0.25, 0.3) is 0 Å². The van der Waals surface area contributed by atoms with E-state index in [0.29, 0.717) is 23.6 Å². The highest BCUT2D eigenvalue weighted by Crippen LogP contribution is 2.24. The molecule has 0 aliphatic heterocycles. The highest BCUT2D eigenvalue weighted by atomic mass is 32.2. The molecule has 1 amide bonds. The van der Waals surface area contributed by atoms with Gasteiger partial charge in [-0.25, -0.2) is 8.42 Å². The molecule has 1 atom stereocenters. The van der Waals surface area contributed by atoms with Crippen LogP contribution in [0.4, 0.5) is 5.69 Å². The molecular weight excluding hydrogens is 388 g/mol. The average molecular weight is 413 g/mol. The molecule has 7 heteroatoms. The fraction of sp³-hybridized carbons (Fsp3) is 0.227. The Balaban J connectivity index is 1.75. The lowest BCUT2D eigenvalue weighted by molar-refractivity contribution is -0.117. The zero-order valence-corrected chi connectivity index (χ0v) is 17.4. The number of hydrogen-bond donors (Lipinski definition) is 2. The van der Waals surface area contributed by atoms with Crippen molar-refractivity contribution < 1.29 is 17.9 Å². The van der Waals surface area contributed by atoms with Crippen LogP contribution in [0.15, 0.2) is 65.6 Å². The van der Waals surface area contributed by atoms with Crippen molar-refractivity contribution in [1.29, 1.82) is 0 Å². The molecule has 3 rings (SSSR count). The van der Waals surface area contributed by atoms with Crippen LogP contribution in [0, 0.1) is 6.92 Å². The fourth-order valence-electron chi connectivity index (χ4n) is 3.04. The number of anilines is 1. The van der Waals surface area contributed by atoms with Gasteiger partial charge in [-0.15, -0.1) is 0 Å². The van der Waals surface area contributed by atoms with E-state index in [4.69, 9.17) is 4.74 Å². The van der Waals surface area contributed by atoms with E-state index in [1.807, 2.05) is 43.3 Å². The predicted octanol–water partition coefficient (Wildman–Crippen LogP) is 3.85. The van der Waals surface area contributed by atoms with Crippen LogP contribution in [-0.4, -0.2) is 27.0 Å². The Morgan fingerprint density at radius 3 is 2.52 bits per heavy atom. The molecule has 0 saturated carbocycles. The number of ether oxygens (including phenoxy) is 1. The third-order valence-electron chi connectivity index (χ3n) is 4.53. The summed E-state index contributed by atoms with van der Waals surface area (Å²) in [6.45, 7) is 5.65. The van der Waals surface area contributed by atoms with Gasteiger partial charge in [0, 0.05) is 11.1 Å². The van der Waals surface area contributed by atoms with E-state index in [1.54, 1.807) is 19.1 Å². The second-order valence-electron chi connectivity index (χ2n) is 6.72. The zero-order valence-electron chi connectivity index (χ0n) is 16.6. The number of hydrogen-bond acceptors (Lipinski definition) is 4. The minimum absolute atomic E-state index is 0.0864. The number of carbonyl (C=O) groups is 1. The first-order valence-corrected chi connectivity index (χ1v) is 10.8. The molecule has 29 heavy (non-hydrogen) atoms. The second kappa shape index (κ2) is 8.63. The van der Waals surface area contributed by atoms with E-state index >= 15 is 0 Å². The van der Waals surface area contributed by atoms with Crippen molar-refractivity contribution in [3.63, 3.8) is 0 Å². The lowest BCUT2D eigenvalue weighted by Crippen LogP contribution is -2.41. The zero-order chi connectivity index (χ0) is 21.0. The van der Waals surface area contributed by atoms with Crippen LogP contribution < -0.4 is 14.8 Å². The van der Waals surface area contributed by atoms with E-state index in [1.165, 1.54) is 19.1 Å². The maximum absolute atomic E-state index is 12.7. The molecule has 0 aliphatic carbocycles. The number of benzene rings is 3. The van der Waals surface area contributed by atoms with E-state index in [9.17, 15) is 13.2 Å². The molecule has 2 N–H and O–H groups in total. The molecule has 152 valence electrons. The van der Waals surface area contributed by atoms with E-state index in [-0.39, 0.29) is 4.90 Å². The summed E-state index contributed by atoms with van der Waals surface area (Å²) in [7, 11) is -3.86. The molecular formula is C22H24N2O4S. The monoisotopic (exact) mass is 412 g/mol. The topological polar surface area (TPSA) is 84.5 Å². The number of sulfonamides is 1. The summed E-state index contributed by atoms with van der Waals surface area (Å²) in [6, 6.07) is 16.9. The van der Waals surface area contributed by atoms with Gasteiger partial charge in [-0.1, -0.05) is 36.4 Å². The lowest BCUT2D eigenvalue weighted by atomic mass is 10.1. The SMILES string of the molecule is CCOc1ccc(S(=O)(=O)N[C@@H](C)C(=O)Nc2cccc3ccccc23)cc1C. The first-order chi connectivity index (χ1) is 13.8. The molecule has 3 aromatic carbocycles. The van der Waals surface area contributed by atoms with Crippen LogP contribution in [0.3, 0.4) is 0 Å². The second-order valence-corrected chi connectivity index (χ2v) is 8.43. The van der Waals surface area contributed by atoms with Gasteiger partial charge in [0.15, 0.2) is 0 Å². The molecule has 0 aliphatic rings. The number of aryl methyl sites for hydroxylation is 1. The molecule has 0 saturated heterocycles. The van der Waals surface area contributed by atoms with Gasteiger partial charge in [0.1, 0.15) is 5.75 Å². The van der Waals surface area contributed by atoms with Crippen molar-refractivity contribution in [3.05, 3.63) is 66.2 Å². The molecule has 0 fully saturated rings. The van der Waals surface area contributed by atoms with Gasteiger partial charge in [0.2, 0.25) is 15.9 Å². The molecule has 6 nitrogen and oxygen atoms in total. The normalized spacial score (nSPS) is 12.5. The van der Waals surface area contributed by atoms with Crippen molar-refractivity contribution >= 4 is 32.4 Å². The fourth-order valence-corrected chi connectivity index (χ4v) is 4.32. The summed E-state index contributed by atoms with van der Waals surface area (Å²) in [6.07, 6.45) is 0. The average Bonchev–Trinajstić information content (AvgIpc) is 2.69. The Kier molecular flexibility index (Phi) is 6.20. The Morgan fingerprint density at radius 2 is 1.79 bits per heavy atom. The number of fused-ring (bicyclic) bond motifs is 1. The first kappa shape index (κ1) is 20.8. The predicted molar refractivity (Wildman–Crippen MR) is 115 cm³/mol. The number of rotatable bonds is 7. The van der Waals surface area contributed by atoms with Crippen LogP contribution in [0.2, 0.25) is 0 Å². The summed E-state index contributed by atoms with van der Waals surface area (Å²) in [5.74, 6) is 0.195. The van der Waals surface area contributed by atoms with Crippen LogP contribution in [-0.2, 0) is 14.8 Å². The lowest BCUT2D eigenvalue weighted by Gasteiger charge is -2.16. The summed E-state index contributed by atoms with van der Waals surface area (Å²) >= 11 is 0. The van der Waals surface area contributed by atoms with Crippen LogP contribution in [0.5, 0.6) is 5.75 Å². The third kappa shape index (κ3) is 4.75. The van der Waals surface area contributed by atoms with Crippen molar-refractivity contribution in [2.24, 2.45) is 0 Å². The molecule has 0 aromatic heterocycles. The summed E-state index contributed by atoms with van der Waals surface area (Å²) in [5.41, 5.74) is 1.35. The van der Waals surface area contributed by atoms with Gasteiger partial charge in [0.05, 0.1) is 17.5 Å². The van der Waals surface area contributed by atoms with Gasteiger partial charge in [-0.2, -0.15) is 4.72 Å². The van der Waals surface area contributed by atoms with Gasteiger partial charge in [-0.3, -0.25) is 4.79 Å². The van der Waals surface area contributed by atoms with Crippen molar-refractivity contribution in [1.82, 2.24) is 4.72 Å². The Hall–Kier alpha value is -2.90. The van der Waals surface area contributed by atoms with Crippen molar-refractivity contribution in [3.8, 4) is 5.75 Å².